The van der Waals surface area contributed by atoms with Gasteiger partial charge in [0.15, 0.2) is 0 Å². The van der Waals surface area contributed by atoms with Gasteiger partial charge in [-0.15, -0.1) is 0 Å². The summed E-state index contributed by atoms with van der Waals surface area (Å²) in [5.41, 5.74) is 0. The van der Waals surface area contributed by atoms with Crippen LogP contribution in [0.2, 0.25) is 0 Å². The number of allylic oxidation sites excluding steroid dienone is 8. The Kier molecular flexibility index (Phi) is 18.5. The van der Waals surface area contributed by atoms with Gasteiger partial charge < -0.3 is 30.3 Å². The van der Waals surface area contributed by atoms with Crippen LogP contribution < -0.4 is 0 Å². The van der Waals surface area contributed by atoms with Crippen molar-refractivity contribution in [3.05, 3.63) is 108 Å². The third kappa shape index (κ3) is 15.4. The van der Waals surface area contributed by atoms with Crippen LogP contribution in [0.5, 0.6) is 0 Å². The zero-order valence-corrected chi connectivity index (χ0v) is 15.1. The Hall–Kier alpha value is -0.808. The Morgan fingerprint density at radius 1 is 0.762 bits per heavy atom. The van der Waals surface area contributed by atoms with E-state index in [0.717, 1.165) is 4.47 Å². The normalized spacial score (nSPS) is 18.0. The zero-order chi connectivity index (χ0) is 13.6. The molecular weight excluding hydrogens is 413 g/mol. The largest absolute Gasteiger partial charge is 0.748 e. The molecule has 0 nitrogen and oxygen atoms in total. The van der Waals surface area contributed by atoms with Gasteiger partial charge in [0, 0.05) is 33.6 Å². The molecule has 0 saturated heterocycles. The maximum Gasteiger partial charge on any atom is -0.172 e. The summed E-state index contributed by atoms with van der Waals surface area (Å²) >= 11 is 2.88. The van der Waals surface area contributed by atoms with Gasteiger partial charge in [0.25, 0.3) is 0 Å². The van der Waals surface area contributed by atoms with Crippen molar-refractivity contribution in [1.82, 2.24) is 0 Å². The third-order valence-electron chi connectivity index (χ3n) is 2.01. The van der Waals surface area contributed by atoms with Gasteiger partial charge in [0.1, 0.15) is 0 Å². The molecule has 0 atom stereocenters. The predicted molar refractivity (Wildman–Crippen MR) is 84.0 cm³/mol. The molecule has 0 fully saturated rings. The van der Waals surface area contributed by atoms with Crippen molar-refractivity contribution in [2.24, 2.45) is 0 Å². The van der Waals surface area contributed by atoms with Gasteiger partial charge in [0.2, 0.25) is 0 Å². The molecule has 0 aliphatic heterocycles. The molecule has 0 heterocycles. The van der Waals surface area contributed by atoms with Crippen molar-refractivity contribution in [3.8, 4) is 0 Å². The van der Waals surface area contributed by atoms with E-state index in [0.29, 0.717) is 0 Å². The van der Waals surface area contributed by atoms with E-state index in [2.05, 4.69) is 22.1 Å². The fourth-order valence-corrected chi connectivity index (χ4v) is 1.45. The van der Waals surface area contributed by atoms with E-state index >= 15 is 0 Å². The minimum Gasteiger partial charge on any atom is -0.748 e. The fourth-order valence-electron chi connectivity index (χ4n) is 1.15. The van der Waals surface area contributed by atoms with Crippen LogP contribution in [0.15, 0.2) is 102 Å². The molecule has 1 aliphatic carbocycles. The molecule has 21 heavy (non-hydrogen) atoms. The van der Waals surface area contributed by atoms with E-state index in [9.17, 15) is 0 Å². The molecule has 0 amide bonds. The van der Waals surface area contributed by atoms with Gasteiger partial charge in [0.05, 0.1) is 0 Å². The van der Waals surface area contributed by atoms with Crippen molar-refractivity contribution in [2.75, 3.05) is 0 Å². The van der Waals surface area contributed by atoms with Crippen molar-refractivity contribution in [1.29, 1.82) is 0 Å². The molecule has 0 unspecified atom stereocenters. The van der Waals surface area contributed by atoms with Gasteiger partial charge in [-0.25, -0.2) is 12.1 Å². The summed E-state index contributed by atoms with van der Waals surface area (Å²) in [4.78, 5) is 0. The molecule has 3 radical (unpaired) electrons. The maximum absolute atomic E-state index is 3.03. The monoisotopic (exact) mass is 430 g/mol. The molecule has 0 spiro atoms. The molecule has 2 aromatic carbocycles. The van der Waals surface area contributed by atoms with E-state index in [4.69, 9.17) is 0 Å². The summed E-state index contributed by atoms with van der Waals surface area (Å²) < 4.78 is 1.04. The number of hydrogen-bond donors (Lipinski definition) is 0. The third-order valence-corrected chi connectivity index (χ3v) is 2.55. The second-order valence-electron chi connectivity index (χ2n) is 3.54. The zero-order valence-electron chi connectivity index (χ0n) is 11.3. The second kappa shape index (κ2) is 17.2. The summed E-state index contributed by atoms with van der Waals surface area (Å²) in [5, 5.41) is 0. The van der Waals surface area contributed by atoms with Crippen LogP contribution in [-0.4, -0.2) is 16.0 Å². The van der Waals surface area contributed by atoms with Crippen molar-refractivity contribution in [3.63, 3.8) is 0 Å². The van der Waals surface area contributed by atoms with Crippen LogP contribution in [0.4, 0.5) is 0 Å². The number of hydrogen-bond acceptors (Lipinski definition) is 0. The summed E-state index contributed by atoms with van der Waals surface area (Å²) in [6.07, 6.45) is 14.7. The van der Waals surface area contributed by atoms with Crippen molar-refractivity contribution < 1.29 is 33.6 Å². The first-order valence-electron chi connectivity index (χ1n) is 6.03. The van der Waals surface area contributed by atoms with Gasteiger partial charge in [-0.1, -0.05) is 0 Å². The summed E-state index contributed by atoms with van der Waals surface area (Å²) in [5.74, 6) is 0. The average Bonchev–Trinajstić information content (AvgIpc) is 3.09. The minimum absolute atomic E-state index is 0. The molecule has 0 saturated carbocycles. The number of rotatable bonds is 0. The smallest absolute Gasteiger partial charge is 0.172 e. The average molecular weight is 429 g/mol. The predicted octanol–water partition coefficient (Wildman–Crippen LogP) is 4.33. The van der Waals surface area contributed by atoms with Gasteiger partial charge >= 0.3 is 63.0 Å². The van der Waals surface area contributed by atoms with E-state index in [-0.39, 0.29) is 33.6 Å². The van der Waals surface area contributed by atoms with Gasteiger partial charge in [-0.3, -0.25) is 0 Å². The molecule has 0 bridgehead atoms. The SMILES string of the molecule is [Co].[Co].[Se]C1=[C-]/C=C\C=C/C=C\1.[cH-]1[cH-][cH-][cH-][cH-]1.c1cc[cH-]c1. The molecule has 3 heteroatoms. The maximum atomic E-state index is 3.03. The van der Waals surface area contributed by atoms with E-state index in [1.807, 2.05) is 97.1 Å². The fraction of sp³-hybridized carbons (Fsp3) is 0. The second-order valence-corrected chi connectivity index (χ2v) is 4.46. The van der Waals surface area contributed by atoms with Crippen LogP contribution in [0.1, 0.15) is 0 Å². The quantitative estimate of drug-likeness (QED) is 0.432. The first-order chi connectivity index (χ1) is 9.39. The first-order valence-corrected chi connectivity index (χ1v) is 6.89. The van der Waals surface area contributed by atoms with Gasteiger partial charge in [-0.2, -0.15) is 18.2 Å². The molecule has 119 valence electrons. The Balaban J connectivity index is 0. The van der Waals surface area contributed by atoms with E-state index < -0.39 is 0 Å². The van der Waals surface area contributed by atoms with Crippen LogP contribution in [-0.2, 0) is 33.6 Å². The van der Waals surface area contributed by atoms with Crippen molar-refractivity contribution in [2.45, 2.75) is 0 Å². The standard InChI is InChI=1S/C8H6Se.2C5H5.2Co/c9-8-6-4-2-1-3-5-7-8;2*1-2-4-5-3-1;;/h1-6H;2*1-5H;;/q-1;-5;-1;;/b2-1-,3-1?,4-2?,5-3-,6-4-,8-6?;;;;. The van der Waals surface area contributed by atoms with E-state index in [1.54, 1.807) is 0 Å². The molecule has 0 aromatic heterocycles. The topological polar surface area (TPSA) is 0 Å². The van der Waals surface area contributed by atoms with Crippen LogP contribution in [0.25, 0.3) is 0 Å². The molecular formula is C18H16Co2Se-7. The van der Waals surface area contributed by atoms with Crippen LogP contribution in [0.3, 0.4) is 0 Å². The Bertz CT molecular complexity index is 443. The van der Waals surface area contributed by atoms with E-state index in [1.165, 1.54) is 0 Å². The summed E-state index contributed by atoms with van der Waals surface area (Å²) in [7, 11) is 0. The van der Waals surface area contributed by atoms with Crippen LogP contribution in [0, 0.1) is 6.08 Å². The Morgan fingerprint density at radius 3 is 1.76 bits per heavy atom. The Morgan fingerprint density at radius 2 is 1.29 bits per heavy atom. The van der Waals surface area contributed by atoms with Crippen LogP contribution >= 0.6 is 0 Å². The summed E-state index contributed by atoms with van der Waals surface area (Å²) in [6.45, 7) is 0. The molecule has 3 rings (SSSR count). The summed E-state index contributed by atoms with van der Waals surface area (Å²) in [6, 6.07) is 20.0. The van der Waals surface area contributed by atoms with Gasteiger partial charge in [-0.05, 0) is 0 Å². The first kappa shape index (κ1) is 22.5. The molecule has 2 aromatic rings. The Labute approximate surface area is 156 Å². The molecule has 1 aliphatic rings. The van der Waals surface area contributed by atoms with Crippen molar-refractivity contribution >= 4 is 16.0 Å². The minimum atomic E-state index is 0. The molecule has 0 N–H and O–H groups in total.